The minimum Gasteiger partial charge on any atom is -0.497 e. The molecule has 0 unspecified atom stereocenters. The number of piperazine rings is 1. The zero-order chi connectivity index (χ0) is 17.9. The smallest absolute Gasteiger partial charge is 0.241 e. The summed E-state index contributed by atoms with van der Waals surface area (Å²) in [6.45, 7) is 3.73. The van der Waals surface area contributed by atoms with Crippen molar-refractivity contribution in [3.05, 3.63) is 46.2 Å². The number of ether oxygens (including phenoxy) is 2. The molecule has 0 radical (unpaired) electrons. The van der Waals surface area contributed by atoms with E-state index in [9.17, 15) is 4.79 Å². The number of anilines is 1. The van der Waals surface area contributed by atoms with Gasteiger partial charge in [-0.25, -0.2) is 0 Å². The molecule has 26 heavy (non-hydrogen) atoms. The van der Waals surface area contributed by atoms with Gasteiger partial charge in [0.05, 0.1) is 19.8 Å². The molecule has 2 aliphatic rings. The van der Waals surface area contributed by atoms with Gasteiger partial charge >= 0.3 is 0 Å². The number of benzene rings is 1. The molecule has 1 atom stereocenters. The van der Waals surface area contributed by atoms with Gasteiger partial charge in [0.2, 0.25) is 5.91 Å². The number of carbonyl (C=O) groups excluding carboxylic acids is 1. The van der Waals surface area contributed by atoms with Gasteiger partial charge < -0.3 is 14.4 Å². The van der Waals surface area contributed by atoms with Crippen LogP contribution in [-0.4, -0.2) is 44.2 Å². The van der Waals surface area contributed by atoms with E-state index in [0.717, 1.165) is 44.0 Å². The van der Waals surface area contributed by atoms with Crippen molar-refractivity contribution in [3.8, 4) is 5.75 Å². The van der Waals surface area contributed by atoms with E-state index in [1.807, 2.05) is 40.5 Å². The van der Waals surface area contributed by atoms with Crippen LogP contribution in [0.1, 0.15) is 28.7 Å². The fourth-order valence-corrected chi connectivity index (χ4v) is 4.72. The lowest BCUT2D eigenvalue weighted by Gasteiger charge is -2.34. The Balaban J connectivity index is 1.37. The minimum atomic E-state index is 0.139. The molecule has 6 heteroatoms. The number of hydrogen-bond acceptors (Lipinski definition) is 5. The largest absolute Gasteiger partial charge is 0.497 e. The van der Waals surface area contributed by atoms with Gasteiger partial charge in [-0.3, -0.25) is 9.69 Å². The van der Waals surface area contributed by atoms with Crippen molar-refractivity contribution >= 4 is 22.9 Å². The van der Waals surface area contributed by atoms with Crippen molar-refractivity contribution in [3.63, 3.8) is 0 Å². The summed E-state index contributed by atoms with van der Waals surface area (Å²) in [5.74, 6) is 0.915. The maximum atomic E-state index is 12.6. The fourth-order valence-electron chi connectivity index (χ4n) is 3.58. The molecule has 1 aromatic carbocycles. The molecular formula is C20H24N2O3S. The number of thiophene rings is 1. The molecule has 1 aromatic heterocycles. The Morgan fingerprint density at radius 2 is 2.19 bits per heavy atom. The molecule has 3 heterocycles. The Morgan fingerprint density at radius 1 is 1.27 bits per heavy atom. The van der Waals surface area contributed by atoms with Gasteiger partial charge in [-0.2, -0.15) is 0 Å². The average Bonchev–Trinajstić information content (AvgIpc) is 3.33. The summed E-state index contributed by atoms with van der Waals surface area (Å²) in [5.41, 5.74) is 0.908. The van der Waals surface area contributed by atoms with Gasteiger partial charge in [-0.15, -0.1) is 11.3 Å². The normalized spacial score (nSPS) is 21.3. The molecule has 0 saturated carbocycles. The van der Waals surface area contributed by atoms with E-state index in [0.29, 0.717) is 13.1 Å². The third-order valence-electron chi connectivity index (χ3n) is 4.97. The molecule has 2 saturated heterocycles. The molecule has 4 rings (SSSR count). The third-order valence-corrected chi connectivity index (χ3v) is 6.14. The Kier molecular flexibility index (Phi) is 5.24. The second kappa shape index (κ2) is 7.78. The number of amides is 1. The summed E-state index contributed by atoms with van der Waals surface area (Å²) >= 11 is 1.82. The van der Waals surface area contributed by atoms with Gasteiger partial charge in [0.15, 0.2) is 0 Å². The number of rotatable bonds is 5. The molecule has 2 aromatic rings. The van der Waals surface area contributed by atoms with E-state index < -0.39 is 0 Å². The topological polar surface area (TPSA) is 42.0 Å². The highest BCUT2D eigenvalue weighted by molar-refractivity contribution is 7.12. The molecule has 0 spiro atoms. The van der Waals surface area contributed by atoms with Crippen molar-refractivity contribution in [2.75, 3.05) is 38.3 Å². The van der Waals surface area contributed by atoms with Crippen molar-refractivity contribution in [1.29, 1.82) is 0 Å². The number of hydrogen-bond donors (Lipinski definition) is 0. The summed E-state index contributed by atoms with van der Waals surface area (Å²) in [6.07, 6.45) is 2.55. The summed E-state index contributed by atoms with van der Waals surface area (Å²) in [4.78, 5) is 19.3. The lowest BCUT2D eigenvalue weighted by molar-refractivity contribution is -0.121. The highest BCUT2D eigenvalue weighted by Crippen LogP contribution is 2.34. The lowest BCUT2D eigenvalue weighted by Crippen LogP contribution is -2.50. The second-order valence-corrected chi connectivity index (χ2v) is 7.96. The van der Waals surface area contributed by atoms with Crippen LogP contribution in [-0.2, 0) is 16.1 Å². The van der Waals surface area contributed by atoms with Crippen LogP contribution in [0.15, 0.2) is 36.4 Å². The molecule has 138 valence electrons. The predicted octanol–water partition coefficient (Wildman–Crippen LogP) is 3.46. The third kappa shape index (κ3) is 3.77. The average molecular weight is 372 g/mol. The Morgan fingerprint density at radius 3 is 2.96 bits per heavy atom. The molecule has 5 nitrogen and oxygen atoms in total. The van der Waals surface area contributed by atoms with Gasteiger partial charge in [-0.05, 0) is 37.1 Å². The molecular weight excluding hydrogens is 348 g/mol. The summed E-state index contributed by atoms with van der Waals surface area (Å²) < 4.78 is 11.0. The van der Waals surface area contributed by atoms with Crippen LogP contribution >= 0.6 is 11.3 Å². The first-order valence-electron chi connectivity index (χ1n) is 9.10. The zero-order valence-electron chi connectivity index (χ0n) is 15.0. The second-order valence-electron chi connectivity index (χ2n) is 6.76. The van der Waals surface area contributed by atoms with Gasteiger partial charge in [-0.1, -0.05) is 6.07 Å². The molecule has 2 aliphatic heterocycles. The summed E-state index contributed by atoms with van der Waals surface area (Å²) in [7, 11) is 1.64. The Hall–Kier alpha value is -1.89. The van der Waals surface area contributed by atoms with Gasteiger partial charge in [0.1, 0.15) is 5.75 Å². The van der Waals surface area contributed by atoms with Crippen molar-refractivity contribution in [1.82, 2.24) is 4.90 Å². The quantitative estimate of drug-likeness (QED) is 0.806. The van der Waals surface area contributed by atoms with Crippen LogP contribution in [0.2, 0.25) is 0 Å². The van der Waals surface area contributed by atoms with E-state index in [-0.39, 0.29) is 12.0 Å². The van der Waals surface area contributed by atoms with Crippen LogP contribution in [0.5, 0.6) is 5.75 Å². The summed E-state index contributed by atoms with van der Waals surface area (Å²) in [5, 5.41) is 0. The maximum Gasteiger partial charge on any atom is 0.241 e. The van der Waals surface area contributed by atoms with Crippen molar-refractivity contribution in [2.45, 2.75) is 25.5 Å². The number of methoxy groups -OCH3 is 1. The summed E-state index contributed by atoms with van der Waals surface area (Å²) in [6, 6.07) is 12.1. The molecule has 1 amide bonds. The molecule has 0 aliphatic carbocycles. The predicted molar refractivity (Wildman–Crippen MR) is 103 cm³/mol. The first-order chi connectivity index (χ1) is 12.7. The van der Waals surface area contributed by atoms with Crippen LogP contribution in [0, 0.1) is 0 Å². The highest BCUT2D eigenvalue weighted by atomic mass is 32.1. The van der Waals surface area contributed by atoms with Crippen LogP contribution in [0.25, 0.3) is 0 Å². The van der Waals surface area contributed by atoms with Crippen LogP contribution in [0.4, 0.5) is 5.69 Å². The maximum absolute atomic E-state index is 12.6. The highest BCUT2D eigenvalue weighted by Gasteiger charge is 2.26. The molecule has 2 fully saturated rings. The lowest BCUT2D eigenvalue weighted by atomic mass is 10.2. The number of carbonyl (C=O) groups is 1. The standard InChI is InChI=1S/C20H24N2O3S/c1-24-16-5-2-4-15(12-16)22-10-9-21(14-20(22)23)13-17-7-8-19(26-17)18-6-3-11-25-18/h2,4-5,7-8,12,18H,3,6,9-11,13-14H2,1H3/t18-/m0/s1. The van der Waals surface area contributed by atoms with Crippen LogP contribution < -0.4 is 9.64 Å². The Bertz CT molecular complexity index is 770. The number of nitrogens with zero attached hydrogens (tertiary/aromatic N) is 2. The monoisotopic (exact) mass is 372 g/mol. The Labute approximate surface area is 158 Å². The zero-order valence-corrected chi connectivity index (χ0v) is 15.8. The van der Waals surface area contributed by atoms with E-state index in [2.05, 4.69) is 17.0 Å². The van der Waals surface area contributed by atoms with Crippen molar-refractivity contribution in [2.24, 2.45) is 0 Å². The van der Waals surface area contributed by atoms with Gasteiger partial charge in [0.25, 0.3) is 0 Å². The van der Waals surface area contributed by atoms with E-state index in [1.54, 1.807) is 7.11 Å². The first-order valence-corrected chi connectivity index (χ1v) is 9.91. The SMILES string of the molecule is COc1cccc(N2CCN(Cc3ccc([C@@H]4CCCO4)s3)CC2=O)c1. The molecule has 0 N–H and O–H groups in total. The minimum absolute atomic E-state index is 0.139. The van der Waals surface area contributed by atoms with Gasteiger partial charge in [0, 0.05) is 47.7 Å². The van der Waals surface area contributed by atoms with E-state index >= 15 is 0 Å². The molecule has 0 bridgehead atoms. The first kappa shape index (κ1) is 17.5. The fraction of sp³-hybridized carbons (Fsp3) is 0.450. The van der Waals surface area contributed by atoms with Crippen molar-refractivity contribution < 1.29 is 14.3 Å². The van der Waals surface area contributed by atoms with Crippen LogP contribution in [0.3, 0.4) is 0 Å². The van der Waals surface area contributed by atoms with E-state index in [4.69, 9.17) is 9.47 Å². The van der Waals surface area contributed by atoms with E-state index in [1.165, 1.54) is 9.75 Å².